The molecule has 0 aromatic carbocycles. The number of pyridine rings is 1. The minimum absolute atomic E-state index is 0.0922. The van der Waals surface area contributed by atoms with Crippen molar-refractivity contribution in [3.05, 3.63) is 29.0 Å². The second-order valence-electron chi connectivity index (χ2n) is 5.07. The first kappa shape index (κ1) is 14.2. The molecule has 1 aliphatic rings. The van der Waals surface area contributed by atoms with Crippen molar-refractivity contribution in [3.63, 3.8) is 0 Å². The molecule has 21 heavy (non-hydrogen) atoms. The van der Waals surface area contributed by atoms with E-state index in [0.717, 1.165) is 37.6 Å². The summed E-state index contributed by atoms with van der Waals surface area (Å²) in [6, 6.07) is 5.96. The maximum Gasteiger partial charge on any atom is 0.217 e. The van der Waals surface area contributed by atoms with Gasteiger partial charge in [-0.3, -0.25) is 9.20 Å². The molecule has 3 heterocycles. The molecule has 0 saturated carbocycles. The van der Waals surface area contributed by atoms with Crippen LogP contribution in [0.4, 0.5) is 5.82 Å². The lowest BCUT2D eigenvalue weighted by Gasteiger charge is -2.30. The molecule has 0 radical (unpaired) electrons. The van der Waals surface area contributed by atoms with E-state index >= 15 is 0 Å². The highest BCUT2D eigenvalue weighted by atomic mass is 35.5. The first-order valence-electron chi connectivity index (χ1n) is 7.03. The Labute approximate surface area is 128 Å². The number of aromatic nitrogens is 2. The molecular weight excluding hydrogens is 290 g/mol. The molecule has 1 fully saturated rings. The van der Waals surface area contributed by atoms with Crippen molar-refractivity contribution < 1.29 is 4.79 Å². The van der Waals surface area contributed by atoms with E-state index < -0.39 is 0 Å². The van der Waals surface area contributed by atoms with Crippen LogP contribution in [0.1, 0.15) is 12.6 Å². The number of nitrogens with one attached hydrogen (secondary N) is 2. The average molecular weight is 308 g/mol. The number of amides is 1. The summed E-state index contributed by atoms with van der Waals surface area (Å²) in [6.07, 6.45) is 0. The van der Waals surface area contributed by atoms with Crippen molar-refractivity contribution in [1.82, 2.24) is 20.0 Å². The molecule has 2 N–H and O–H groups in total. The van der Waals surface area contributed by atoms with Crippen molar-refractivity contribution in [2.24, 2.45) is 0 Å². The van der Waals surface area contributed by atoms with E-state index in [1.54, 1.807) is 0 Å². The first-order valence-corrected chi connectivity index (χ1v) is 7.40. The lowest BCUT2D eigenvalue weighted by Crippen LogP contribution is -2.44. The Hall–Kier alpha value is -1.79. The molecule has 6 nitrogen and oxygen atoms in total. The van der Waals surface area contributed by atoms with Gasteiger partial charge in [-0.1, -0.05) is 17.7 Å². The largest absolute Gasteiger partial charge is 0.355 e. The van der Waals surface area contributed by atoms with Crippen LogP contribution < -0.4 is 15.5 Å². The normalized spacial score (nSPS) is 15.4. The second-order valence-corrected chi connectivity index (χ2v) is 5.43. The standard InChI is InChI=1S/C14H18ClN5O/c1-10(21)17-9-11-14(15)20-12(18-11)3-2-4-13(20)19-7-5-16-6-8-19/h2-4,16H,5-9H2,1H3,(H,17,21). The van der Waals surface area contributed by atoms with E-state index in [0.29, 0.717) is 17.4 Å². The number of fused-ring (bicyclic) bond motifs is 1. The number of carbonyl (C=O) groups excluding carboxylic acids is 1. The number of piperazine rings is 1. The fourth-order valence-electron chi connectivity index (χ4n) is 2.55. The fourth-order valence-corrected chi connectivity index (χ4v) is 2.83. The lowest BCUT2D eigenvalue weighted by molar-refractivity contribution is -0.119. The fraction of sp³-hybridized carbons (Fsp3) is 0.429. The van der Waals surface area contributed by atoms with Gasteiger partial charge < -0.3 is 15.5 Å². The summed E-state index contributed by atoms with van der Waals surface area (Å²) in [5.74, 6) is 0.950. The van der Waals surface area contributed by atoms with E-state index in [2.05, 4.69) is 20.5 Å². The summed E-state index contributed by atoms with van der Waals surface area (Å²) >= 11 is 6.47. The van der Waals surface area contributed by atoms with E-state index in [1.165, 1.54) is 6.92 Å². The Morgan fingerprint density at radius 3 is 2.90 bits per heavy atom. The van der Waals surface area contributed by atoms with Crippen molar-refractivity contribution >= 4 is 29.0 Å². The second kappa shape index (κ2) is 5.91. The highest BCUT2D eigenvalue weighted by molar-refractivity contribution is 6.30. The Bertz CT molecular complexity index is 663. The maximum absolute atomic E-state index is 11.1. The van der Waals surface area contributed by atoms with Gasteiger partial charge in [0.1, 0.15) is 16.6 Å². The van der Waals surface area contributed by atoms with Crippen molar-refractivity contribution in [2.45, 2.75) is 13.5 Å². The van der Waals surface area contributed by atoms with Crippen LogP contribution >= 0.6 is 11.6 Å². The Morgan fingerprint density at radius 1 is 1.43 bits per heavy atom. The van der Waals surface area contributed by atoms with E-state index in [9.17, 15) is 4.79 Å². The summed E-state index contributed by atoms with van der Waals surface area (Å²) in [7, 11) is 0. The third-order valence-electron chi connectivity index (χ3n) is 3.58. The maximum atomic E-state index is 11.1. The number of anilines is 1. The van der Waals surface area contributed by atoms with Gasteiger partial charge in [0.15, 0.2) is 0 Å². The summed E-state index contributed by atoms with van der Waals surface area (Å²) < 4.78 is 1.95. The third-order valence-corrected chi connectivity index (χ3v) is 3.97. The number of imidazole rings is 1. The molecule has 0 unspecified atom stereocenters. The quantitative estimate of drug-likeness (QED) is 0.889. The molecule has 1 aliphatic heterocycles. The van der Waals surface area contributed by atoms with Gasteiger partial charge >= 0.3 is 0 Å². The topological polar surface area (TPSA) is 61.7 Å². The van der Waals surface area contributed by atoms with Crippen molar-refractivity contribution in [2.75, 3.05) is 31.1 Å². The number of rotatable bonds is 3. The molecule has 112 valence electrons. The number of carbonyl (C=O) groups is 1. The van der Waals surface area contributed by atoms with Crippen LogP contribution in [0, 0.1) is 0 Å². The van der Waals surface area contributed by atoms with Crippen LogP contribution in [0.5, 0.6) is 0 Å². The van der Waals surface area contributed by atoms with Crippen molar-refractivity contribution in [3.8, 4) is 0 Å². The molecule has 7 heteroatoms. The average Bonchev–Trinajstić information content (AvgIpc) is 2.83. The molecular formula is C14H18ClN5O. The Morgan fingerprint density at radius 2 is 2.19 bits per heavy atom. The molecule has 1 amide bonds. The number of hydrogen-bond acceptors (Lipinski definition) is 4. The van der Waals surface area contributed by atoms with Gasteiger partial charge in [0, 0.05) is 33.1 Å². The van der Waals surface area contributed by atoms with Gasteiger partial charge in [-0.25, -0.2) is 4.98 Å². The SMILES string of the molecule is CC(=O)NCc1nc2cccc(N3CCNCC3)n2c1Cl. The highest BCUT2D eigenvalue weighted by Crippen LogP contribution is 2.25. The Balaban J connectivity index is 1.99. The molecule has 1 saturated heterocycles. The molecule has 0 spiro atoms. The molecule has 0 atom stereocenters. The zero-order valence-electron chi connectivity index (χ0n) is 11.9. The minimum atomic E-state index is -0.0922. The number of nitrogens with zero attached hydrogens (tertiary/aromatic N) is 3. The molecule has 0 aliphatic carbocycles. The van der Waals surface area contributed by atoms with Crippen LogP contribution in [0.2, 0.25) is 5.15 Å². The van der Waals surface area contributed by atoms with Crippen LogP contribution in [-0.2, 0) is 11.3 Å². The van der Waals surface area contributed by atoms with E-state index in [1.807, 2.05) is 22.6 Å². The van der Waals surface area contributed by atoms with Crippen LogP contribution in [0.3, 0.4) is 0 Å². The van der Waals surface area contributed by atoms with Gasteiger partial charge in [-0.05, 0) is 12.1 Å². The molecule has 0 bridgehead atoms. The van der Waals surface area contributed by atoms with Crippen molar-refractivity contribution in [1.29, 1.82) is 0 Å². The zero-order chi connectivity index (χ0) is 14.8. The monoisotopic (exact) mass is 307 g/mol. The third kappa shape index (κ3) is 2.82. The highest BCUT2D eigenvalue weighted by Gasteiger charge is 2.18. The van der Waals surface area contributed by atoms with E-state index in [-0.39, 0.29) is 5.91 Å². The number of hydrogen-bond donors (Lipinski definition) is 2. The van der Waals surface area contributed by atoms with Gasteiger partial charge in [0.25, 0.3) is 0 Å². The molecule has 2 aromatic rings. The van der Waals surface area contributed by atoms with Gasteiger partial charge in [0.2, 0.25) is 5.91 Å². The predicted octanol–water partition coefficient (Wildman–Crippen LogP) is 1.03. The van der Waals surface area contributed by atoms with Gasteiger partial charge in [-0.15, -0.1) is 0 Å². The van der Waals surface area contributed by atoms with Gasteiger partial charge in [-0.2, -0.15) is 0 Å². The summed E-state index contributed by atoms with van der Waals surface area (Å²) in [5.41, 5.74) is 1.49. The summed E-state index contributed by atoms with van der Waals surface area (Å²) in [6.45, 7) is 5.62. The van der Waals surface area contributed by atoms with E-state index in [4.69, 9.17) is 11.6 Å². The minimum Gasteiger partial charge on any atom is -0.355 e. The predicted molar refractivity (Wildman–Crippen MR) is 82.8 cm³/mol. The zero-order valence-corrected chi connectivity index (χ0v) is 12.7. The molecule has 2 aromatic heterocycles. The smallest absolute Gasteiger partial charge is 0.217 e. The Kier molecular flexibility index (Phi) is 3.98. The summed E-state index contributed by atoms with van der Waals surface area (Å²) in [4.78, 5) is 17.9. The van der Waals surface area contributed by atoms with Crippen LogP contribution in [0.25, 0.3) is 5.65 Å². The summed E-state index contributed by atoms with van der Waals surface area (Å²) in [5, 5.41) is 6.64. The number of halogens is 1. The molecule has 3 rings (SSSR count). The van der Waals surface area contributed by atoms with Crippen LogP contribution in [0.15, 0.2) is 18.2 Å². The van der Waals surface area contributed by atoms with Gasteiger partial charge in [0.05, 0.1) is 12.2 Å². The first-order chi connectivity index (χ1) is 10.2. The van der Waals surface area contributed by atoms with Crippen LogP contribution in [-0.4, -0.2) is 41.5 Å². The lowest BCUT2D eigenvalue weighted by atomic mass is 10.3.